The molecule has 0 aromatic heterocycles. The molecule has 2 aromatic carbocycles. The summed E-state index contributed by atoms with van der Waals surface area (Å²) in [5.74, 6) is 1.89. The first-order valence-corrected chi connectivity index (χ1v) is 7.47. The Balaban J connectivity index is 2.13. The topological polar surface area (TPSA) is 44.8 Å². The summed E-state index contributed by atoms with van der Waals surface area (Å²) < 4.78 is 16.0. The lowest BCUT2D eigenvalue weighted by Gasteiger charge is -2.14. The summed E-state index contributed by atoms with van der Waals surface area (Å²) in [6, 6.07) is 11.4. The van der Waals surface area contributed by atoms with E-state index < -0.39 is 0 Å². The van der Waals surface area contributed by atoms with Crippen LogP contribution in [-0.2, 0) is 6.42 Å². The molecule has 0 spiro atoms. The second-order valence-corrected chi connectivity index (χ2v) is 5.32. The summed E-state index contributed by atoms with van der Waals surface area (Å²) in [4.78, 5) is 12.3. The molecular formula is C19H22O4. The molecular weight excluding hydrogens is 292 g/mol. The Kier molecular flexibility index (Phi) is 5.63. The molecule has 0 saturated carbocycles. The summed E-state index contributed by atoms with van der Waals surface area (Å²) in [6.07, 6.45) is 1.05. The molecule has 4 nitrogen and oxygen atoms in total. The molecule has 0 aliphatic carbocycles. The van der Waals surface area contributed by atoms with E-state index in [2.05, 4.69) is 0 Å². The molecule has 0 saturated heterocycles. The predicted molar refractivity (Wildman–Crippen MR) is 89.9 cm³/mol. The van der Waals surface area contributed by atoms with E-state index in [-0.39, 0.29) is 5.78 Å². The van der Waals surface area contributed by atoms with E-state index in [1.54, 1.807) is 21.3 Å². The zero-order valence-electron chi connectivity index (χ0n) is 14.0. The average molecular weight is 314 g/mol. The smallest absolute Gasteiger partial charge is 0.203 e. The van der Waals surface area contributed by atoms with Gasteiger partial charge in [-0.1, -0.05) is 29.8 Å². The maximum absolute atomic E-state index is 12.3. The van der Waals surface area contributed by atoms with Crippen LogP contribution in [0.25, 0.3) is 0 Å². The van der Waals surface area contributed by atoms with Gasteiger partial charge in [0.05, 0.1) is 21.3 Å². The SMILES string of the molecule is COc1cc(CCC(=O)c2ccc(C)cc2)cc(OC)c1OC. The summed E-state index contributed by atoms with van der Waals surface area (Å²) >= 11 is 0. The molecule has 0 amide bonds. The van der Waals surface area contributed by atoms with E-state index in [0.29, 0.717) is 30.1 Å². The number of benzene rings is 2. The van der Waals surface area contributed by atoms with Crippen LogP contribution in [0.1, 0.15) is 27.9 Å². The third-order valence-corrected chi connectivity index (χ3v) is 3.74. The predicted octanol–water partition coefficient (Wildman–Crippen LogP) is 3.84. The molecule has 2 rings (SSSR count). The molecule has 0 N–H and O–H groups in total. The van der Waals surface area contributed by atoms with Crippen molar-refractivity contribution in [2.45, 2.75) is 19.8 Å². The number of aryl methyl sites for hydroxylation is 2. The van der Waals surface area contributed by atoms with Crippen molar-refractivity contribution in [2.75, 3.05) is 21.3 Å². The number of ketones is 1. The van der Waals surface area contributed by atoms with Crippen molar-refractivity contribution in [2.24, 2.45) is 0 Å². The quantitative estimate of drug-likeness (QED) is 0.729. The number of carbonyl (C=O) groups is 1. The summed E-state index contributed by atoms with van der Waals surface area (Å²) in [5, 5.41) is 0. The average Bonchev–Trinajstić information content (AvgIpc) is 2.59. The van der Waals surface area contributed by atoms with Crippen LogP contribution >= 0.6 is 0 Å². The fourth-order valence-electron chi connectivity index (χ4n) is 2.42. The van der Waals surface area contributed by atoms with Crippen LogP contribution in [0, 0.1) is 6.92 Å². The van der Waals surface area contributed by atoms with E-state index in [4.69, 9.17) is 14.2 Å². The zero-order chi connectivity index (χ0) is 16.8. The van der Waals surface area contributed by atoms with E-state index in [9.17, 15) is 4.79 Å². The highest BCUT2D eigenvalue weighted by Gasteiger charge is 2.14. The normalized spacial score (nSPS) is 10.3. The van der Waals surface area contributed by atoms with Gasteiger partial charge in [-0.25, -0.2) is 0 Å². The molecule has 0 heterocycles. The lowest BCUT2D eigenvalue weighted by Crippen LogP contribution is -2.02. The monoisotopic (exact) mass is 314 g/mol. The van der Waals surface area contributed by atoms with Crippen LogP contribution in [0.3, 0.4) is 0 Å². The second kappa shape index (κ2) is 7.68. The first-order valence-electron chi connectivity index (χ1n) is 7.47. The highest BCUT2D eigenvalue weighted by atomic mass is 16.5. The largest absolute Gasteiger partial charge is 0.493 e. The molecule has 2 aromatic rings. The molecule has 0 atom stereocenters. The Hall–Kier alpha value is -2.49. The van der Waals surface area contributed by atoms with Gasteiger partial charge in [0.2, 0.25) is 5.75 Å². The van der Waals surface area contributed by atoms with E-state index in [0.717, 1.165) is 16.7 Å². The Morgan fingerprint density at radius 3 is 1.96 bits per heavy atom. The van der Waals surface area contributed by atoms with E-state index in [1.807, 2.05) is 43.3 Å². The molecule has 0 bridgehead atoms. The Morgan fingerprint density at radius 1 is 0.913 bits per heavy atom. The number of hydrogen-bond acceptors (Lipinski definition) is 4. The highest BCUT2D eigenvalue weighted by molar-refractivity contribution is 5.96. The van der Waals surface area contributed by atoms with Gasteiger partial charge in [-0.15, -0.1) is 0 Å². The minimum Gasteiger partial charge on any atom is -0.493 e. The van der Waals surface area contributed by atoms with Crippen molar-refractivity contribution in [3.05, 3.63) is 53.1 Å². The number of methoxy groups -OCH3 is 3. The zero-order valence-corrected chi connectivity index (χ0v) is 14.0. The first-order chi connectivity index (χ1) is 11.1. The number of hydrogen-bond donors (Lipinski definition) is 0. The van der Waals surface area contributed by atoms with Crippen LogP contribution in [0.2, 0.25) is 0 Å². The van der Waals surface area contributed by atoms with Crippen molar-refractivity contribution in [3.8, 4) is 17.2 Å². The number of carbonyl (C=O) groups excluding carboxylic acids is 1. The molecule has 0 aliphatic rings. The number of ether oxygens (including phenoxy) is 3. The Labute approximate surface area is 137 Å². The minimum atomic E-state index is 0.124. The maximum Gasteiger partial charge on any atom is 0.203 e. The van der Waals surface area contributed by atoms with E-state index in [1.165, 1.54) is 0 Å². The van der Waals surface area contributed by atoms with Crippen molar-refractivity contribution >= 4 is 5.78 Å². The van der Waals surface area contributed by atoms with E-state index >= 15 is 0 Å². The maximum atomic E-state index is 12.3. The van der Waals surface area contributed by atoms with Gasteiger partial charge in [0, 0.05) is 12.0 Å². The van der Waals surface area contributed by atoms with Gasteiger partial charge in [0.1, 0.15) is 0 Å². The van der Waals surface area contributed by atoms with Crippen LogP contribution < -0.4 is 14.2 Å². The molecule has 122 valence electrons. The van der Waals surface area contributed by atoms with Crippen LogP contribution in [0.15, 0.2) is 36.4 Å². The standard InChI is InChI=1S/C19H22O4/c1-13-5-8-15(9-6-13)16(20)10-7-14-11-17(21-2)19(23-4)18(12-14)22-3/h5-6,8-9,11-12H,7,10H2,1-4H3. The Bertz CT molecular complexity index is 649. The van der Waals surface area contributed by atoms with Gasteiger partial charge in [-0.3, -0.25) is 4.79 Å². The first kappa shape index (κ1) is 16.9. The van der Waals surface area contributed by atoms with Crippen molar-refractivity contribution in [1.29, 1.82) is 0 Å². The molecule has 0 fully saturated rings. The van der Waals surface area contributed by atoms with Crippen molar-refractivity contribution < 1.29 is 19.0 Å². The van der Waals surface area contributed by atoms with Crippen molar-refractivity contribution in [1.82, 2.24) is 0 Å². The molecule has 0 radical (unpaired) electrons. The molecule has 4 heteroatoms. The van der Waals surface area contributed by atoms with Gasteiger partial charge in [-0.2, -0.15) is 0 Å². The van der Waals surface area contributed by atoms with Crippen LogP contribution in [-0.4, -0.2) is 27.1 Å². The summed E-state index contributed by atoms with van der Waals surface area (Å²) in [5.41, 5.74) is 2.86. The van der Waals surface area contributed by atoms with Gasteiger partial charge >= 0.3 is 0 Å². The number of Topliss-reactive ketones (excluding diaryl/α,β-unsaturated/α-hetero) is 1. The third-order valence-electron chi connectivity index (χ3n) is 3.74. The molecule has 23 heavy (non-hydrogen) atoms. The lowest BCUT2D eigenvalue weighted by molar-refractivity contribution is 0.0983. The van der Waals surface area contributed by atoms with Gasteiger partial charge in [0.25, 0.3) is 0 Å². The highest BCUT2D eigenvalue weighted by Crippen LogP contribution is 2.38. The van der Waals surface area contributed by atoms with Gasteiger partial charge in [0.15, 0.2) is 17.3 Å². The van der Waals surface area contributed by atoms with Gasteiger partial charge in [-0.05, 0) is 31.0 Å². The molecule has 0 unspecified atom stereocenters. The lowest BCUT2D eigenvalue weighted by atomic mass is 10.0. The van der Waals surface area contributed by atoms with Crippen LogP contribution in [0.4, 0.5) is 0 Å². The number of rotatable bonds is 7. The van der Waals surface area contributed by atoms with Crippen molar-refractivity contribution in [3.63, 3.8) is 0 Å². The molecule has 0 aliphatic heterocycles. The summed E-state index contributed by atoms with van der Waals surface area (Å²) in [6.45, 7) is 2.00. The fourth-order valence-corrected chi connectivity index (χ4v) is 2.42. The third kappa shape index (κ3) is 4.03. The fraction of sp³-hybridized carbons (Fsp3) is 0.316. The van der Waals surface area contributed by atoms with Crippen LogP contribution in [0.5, 0.6) is 17.2 Å². The Morgan fingerprint density at radius 2 is 1.48 bits per heavy atom. The van der Waals surface area contributed by atoms with Gasteiger partial charge < -0.3 is 14.2 Å². The minimum absolute atomic E-state index is 0.124. The summed E-state index contributed by atoms with van der Waals surface area (Å²) in [7, 11) is 4.73. The second-order valence-electron chi connectivity index (χ2n) is 5.32.